The number of carbonyl (C=O) groups excluding carboxylic acids is 1. The highest BCUT2D eigenvalue weighted by Gasteiger charge is 2.31. The van der Waals surface area contributed by atoms with Gasteiger partial charge < -0.3 is 5.32 Å². The monoisotopic (exact) mass is 324 g/mol. The first kappa shape index (κ1) is 14.8. The van der Waals surface area contributed by atoms with Crippen LogP contribution in [0.15, 0.2) is 40.7 Å². The molecule has 1 aliphatic heterocycles. The number of amidine groups is 1. The molecule has 0 radical (unpaired) electrons. The summed E-state index contributed by atoms with van der Waals surface area (Å²) in [5, 5.41) is 4.80. The smallest absolute Gasteiger partial charge is 0.368 e. The zero-order valence-electron chi connectivity index (χ0n) is 11.3. The fraction of sp³-hybridized carbons (Fsp3) is 0.200. The second kappa shape index (κ2) is 5.57. The molecule has 0 saturated carbocycles. The Hall–Kier alpha value is -2.15. The Kier molecular flexibility index (Phi) is 3.74. The number of hydrogen-bond donors (Lipinski definition) is 1. The number of carbonyl (C=O) groups is 1. The summed E-state index contributed by atoms with van der Waals surface area (Å²) in [6.07, 6.45) is -4.47. The Bertz CT molecular complexity index is 749. The predicted octanol–water partition coefficient (Wildman–Crippen LogP) is 3.35. The van der Waals surface area contributed by atoms with Crippen molar-refractivity contribution in [2.75, 3.05) is 13.1 Å². The Morgan fingerprint density at radius 2 is 2.09 bits per heavy atom. The van der Waals surface area contributed by atoms with Gasteiger partial charge in [-0.25, -0.2) is 0 Å². The number of thiophene rings is 1. The molecule has 1 N–H and O–H groups in total. The van der Waals surface area contributed by atoms with E-state index in [1.165, 1.54) is 23.5 Å². The number of nitrogens with zero attached hydrogens (tertiary/aromatic N) is 1. The molecule has 2 aromatic rings. The normalized spacial score (nSPS) is 14.6. The first-order valence-corrected chi connectivity index (χ1v) is 7.43. The summed E-state index contributed by atoms with van der Waals surface area (Å²) in [7, 11) is 0. The third-order valence-electron chi connectivity index (χ3n) is 3.25. The Balaban J connectivity index is 1.97. The van der Waals surface area contributed by atoms with E-state index in [1.807, 2.05) is 0 Å². The van der Waals surface area contributed by atoms with Crippen LogP contribution in [0, 0.1) is 0 Å². The predicted molar refractivity (Wildman–Crippen MR) is 78.6 cm³/mol. The van der Waals surface area contributed by atoms with Gasteiger partial charge in [0.05, 0.1) is 17.0 Å². The Labute approximate surface area is 128 Å². The fourth-order valence-electron chi connectivity index (χ4n) is 2.22. The molecule has 1 aliphatic rings. The van der Waals surface area contributed by atoms with E-state index in [-0.39, 0.29) is 5.56 Å². The van der Waals surface area contributed by atoms with Crippen molar-refractivity contribution in [2.45, 2.75) is 6.18 Å². The summed E-state index contributed by atoms with van der Waals surface area (Å²) in [6.45, 7) is 1.32. The van der Waals surface area contributed by atoms with E-state index in [2.05, 4.69) is 10.3 Å². The van der Waals surface area contributed by atoms with E-state index in [0.29, 0.717) is 29.4 Å². The molecule has 0 saturated heterocycles. The van der Waals surface area contributed by atoms with Crippen molar-refractivity contribution in [3.63, 3.8) is 0 Å². The quantitative estimate of drug-likeness (QED) is 0.880. The van der Waals surface area contributed by atoms with Gasteiger partial charge in [0.15, 0.2) is 0 Å². The van der Waals surface area contributed by atoms with Crippen LogP contribution in [-0.2, 0) is 6.18 Å². The summed E-state index contributed by atoms with van der Waals surface area (Å²) in [5.74, 6) is 0.198. The molecule has 0 fully saturated rings. The minimum Gasteiger partial charge on any atom is -0.368 e. The molecule has 0 spiro atoms. The molecule has 1 aromatic carbocycles. The zero-order chi connectivity index (χ0) is 15.7. The van der Waals surface area contributed by atoms with Crippen molar-refractivity contribution in [2.24, 2.45) is 4.99 Å². The molecule has 2 heterocycles. The van der Waals surface area contributed by atoms with Crippen molar-refractivity contribution in [3.05, 3.63) is 57.3 Å². The number of alkyl halides is 3. The second-order valence-electron chi connectivity index (χ2n) is 4.73. The van der Waals surface area contributed by atoms with Crippen LogP contribution in [0.1, 0.15) is 26.4 Å². The Morgan fingerprint density at radius 3 is 2.77 bits per heavy atom. The molecule has 0 aliphatic carbocycles. The minimum atomic E-state index is -4.47. The molecule has 3 nitrogen and oxygen atoms in total. The molecule has 0 bridgehead atoms. The lowest BCUT2D eigenvalue weighted by Crippen LogP contribution is -2.21. The van der Waals surface area contributed by atoms with E-state index in [4.69, 9.17) is 0 Å². The van der Waals surface area contributed by atoms with Crippen LogP contribution < -0.4 is 5.32 Å². The van der Waals surface area contributed by atoms with Crippen LogP contribution in [0.2, 0.25) is 0 Å². The molecule has 0 unspecified atom stereocenters. The van der Waals surface area contributed by atoms with Crippen molar-refractivity contribution in [3.8, 4) is 0 Å². The first-order chi connectivity index (χ1) is 10.5. The average molecular weight is 324 g/mol. The van der Waals surface area contributed by atoms with Gasteiger partial charge in [-0.1, -0.05) is 12.1 Å². The maximum Gasteiger partial charge on any atom is 0.416 e. The molecule has 114 valence electrons. The minimum absolute atomic E-state index is 0.0251. The number of aliphatic imine (C=N–C) groups is 1. The number of ketones is 1. The molecule has 7 heteroatoms. The summed E-state index contributed by atoms with van der Waals surface area (Å²) in [4.78, 5) is 17.2. The lowest BCUT2D eigenvalue weighted by Gasteiger charge is -2.08. The third-order valence-corrected chi connectivity index (χ3v) is 4.17. The average Bonchev–Trinajstić information content (AvgIpc) is 3.16. The van der Waals surface area contributed by atoms with Gasteiger partial charge in [0, 0.05) is 17.7 Å². The van der Waals surface area contributed by atoms with Gasteiger partial charge in [0.2, 0.25) is 5.78 Å². The van der Waals surface area contributed by atoms with Gasteiger partial charge in [-0.15, -0.1) is 11.3 Å². The Morgan fingerprint density at radius 1 is 1.27 bits per heavy atom. The van der Waals surface area contributed by atoms with Gasteiger partial charge in [0.25, 0.3) is 0 Å². The standard InChI is InChI=1S/C15H11F3N2OS/c16-15(17,18)10-3-1-2-9(8-10)12(21)13-11(4-7-22-13)14-19-5-6-20-14/h1-4,7-8H,5-6H2,(H,19,20). The van der Waals surface area contributed by atoms with E-state index in [0.717, 1.165) is 12.1 Å². The topological polar surface area (TPSA) is 41.5 Å². The van der Waals surface area contributed by atoms with Gasteiger partial charge in [0.1, 0.15) is 5.84 Å². The molecular formula is C15H11F3N2OS. The number of hydrogen-bond acceptors (Lipinski definition) is 4. The lowest BCUT2D eigenvalue weighted by molar-refractivity contribution is -0.137. The zero-order valence-corrected chi connectivity index (χ0v) is 12.1. The van der Waals surface area contributed by atoms with Crippen LogP contribution in [0.3, 0.4) is 0 Å². The number of halogens is 3. The first-order valence-electron chi connectivity index (χ1n) is 6.55. The highest BCUT2D eigenvalue weighted by Crippen LogP contribution is 2.30. The maximum absolute atomic E-state index is 12.8. The largest absolute Gasteiger partial charge is 0.416 e. The van der Waals surface area contributed by atoms with E-state index >= 15 is 0 Å². The number of nitrogens with one attached hydrogen (secondary N) is 1. The van der Waals surface area contributed by atoms with Crippen LogP contribution in [0.25, 0.3) is 0 Å². The van der Waals surface area contributed by atoms with Gasteiger partial charge in [-0.3, -0.25) is 9.79 Å². The van der Waals surface area contributed by atoms with Crippen LogP contribution in [0.4, 0.5) is 13.2 Å². The summed E-state index contributed by atoms with van der Waals surface area (Å²) < 4.78 is 38.3. The van der Waals surface area contributed by atoms with E-state index in [1.54, 1.807) is 11.4 Å². The van der Waals surface area contributed by atoms with E-state index < -0.39 is 17.5 Å². The van der Waals surface area contributed by atoms with Crippen LogP contribution in [-0.4, -0.2) is 24.7 Å². The molecule has 1 aromatic heterocycles. The van der Waals surface area contributed by atoms with Crippen LogP contribution in [0.5, 0.6) is 0 Å². The fourth-order valence-corrected chi connectivity index (χ4v) is 3.07. The molecule has 22 heavy (non-hydrogen) atoms. The summed E-state index contributed by atoms with van der Waals surface area (Å²) >= 11 is 1.20. The molecule has 0 atom stereocenters. The van der Waals surface area contributed by atoms with Crippen LogP contribution >= 0.6 is 11.3 Å². The van der Waals surface area contributed by atoms with Crippen molar-refractivity contribution >= 4 is 23.0 Å². The lowest BCUT2D eigenvalue weighted by atomic mass is 10.0. The molecule has 0 amide bonds. The highest BCUT2D eigenvalue weighted by atomic mass is 32.1. The van der Waals surface area contributed by atoms with Gasteiger partial charge in [-0.2, -0.15) is 13.2 Å². The second-order valence-corrected chi connectivity index (χ2v) is 5.64. The van der Waals surface area contributed by atoms with Gasteiger partial charge >= 0.3 is 6.18 Å². The highest BCUT2D eigenvalue weighted by molar-refractivity contribution is 7.12. The molecular weight excluding hydrogens is 313 g/mol. The number of benzene rings is 1. The number of rotatable bonds is 3. The van der Waals surface area contributed by atoms with E-state index in [9.17, 15) is 18.0 Å². The third kappa shape index (κ3) is 2.76. The summed E-state index contributed by atoms with van der Waals surface area (Å²) in [5.41, 5.74) is -0.158. The van der Waals surface area contributed by atoms with Crippen molar-refractivity contribution in [1.82, 2.24) is 5.32 Å². The molecule has 3 rings (SSSR count). The van der Waals surface area contributed by atoms with Gasteiger partial charge in [-0.05, 0) is 23.6 Å². The summed E-state index contributed by atoms with van der Waals surface area (Å²) in [6, 6.07) is 6.23. The van der Waals surface area contributed by atoms with Crippen molar-refractivity contribution < 1.29 is 18.0 Å². The maximum atomic E-state index is 12.8. The van der Waals surface area contributed by atoms with Crippen molar-refractivity contribution in [1.29, 1.82) is 0 Å². The SMILES string of the molecule is O=C(c1cccc(C(F)(F)F)c1)c1sccc1C1=NCCN1.